The van der Waals surface area contributed by atoms with Gasteiger partial charge in [-0.05, 0) is 65.4 Å². The van der Waals surface area contributed by atoms with Crippen molar-refractivity contribution >= 4 is 0 Å². The van der Waals surface area contributed by atoms with E-state index in [1.54, 1.807) is 0 Å². The van der Waals surface area contributed by atoms with Crippen molar-refractivity contribution < 1.29 is 0 Å². The molecule has 4 nitrogen and oxygen atoms in total. The number of piperidine rings is 1. The van der Waals surface area contributed by atoms with Crippen LogP contribution < -0.4 is 5.32 Å². The van der Waals surface area contributed by atoms with Crippen LogP contribution in [0.25, 0.3) is 0 Å². The predicted molar refractivity (Wildman–Crippen MR) is 74.5 cm³/mol. The van der Waals surface area contributed by atoms with E-state index >= 15 is 0 Å². The Balaban J connectivity index is 1.80. The van der Waals surface area contributed by atoms with Gasteiger partial charge in [-0.1, -0.05) is 0 Å². The average Bonchev–Trinajstić information content (AvgIpc) is 2.81. The van der Waals surface area contributed by atoms with Gasteiger partial charge in [0.25, 0.3) is 0 Å². The molecule has 1 saturated heterocycles. The Morgan fingerprint density at radius 2 is 2.11 bits per heavy atom. The van der Waals surface area contributed by atoms with Crippen molar-refractivity contribution in [3.8, 4) is 0 Å². The highest BCUT2D eigenvalue weighted by Gasteiger charge is 2.19. The van der Waals surface area contributed by atoms with Crippen molar-refractivity contribution in [2.75, 3.05) is 26.7 Å². The van der Waals surface area contributed by atoms with Gasteiger partial charge < -0.3 is 5.32 Å². The predicted octanol–water partition coefficient (Wildman–Crippen LogP) is 1.90. The molecule has 0 spiro atoms. The number of likely N-dealkylation sites (tertiary alicyclic amines) is 1. The van der Waals surface area contributed by atoms with Crippen molar-refractivity contribution in [1.29, 1.82) is 0 Å². The summed E-state index contributed by atoms with van der Waals surface area (Å²) in [4.78, 5) is 2.53. The first kappa shape index (κ1) is 13.6. The standard InChI is InChI=1S/C14H26N4/c1-12(2)18-9-6-14(16-18)11-17-7-4-13(5-8-17)10-15-3/h6,9,12-13,15H,4-5,7-8,10-11H2,1-3H3. The Morgan fingerprint density at radius 3 is 2.67 bits per heavy atom. The van der Waals surface area contributed by atoms with Crippen LogP contribution in [0.3, 0.4) is 0 Å². The zero-order chi connectivity index (χ0) is 13.0. The first-order valence-corrected chi connectivity index (χ1v) is 7.10. The maximum Gasteiger partial charge on any atom is 0.0764 e. The molecule has 1 aliphatic heterocycles. The molecule has 2 rings (SSSR count). The molecule has 2 heterocycles. The molecule has 0 aromatic carbocycles. The molecule has 0 radical (unpaired) electrons. The Bertz CT molecular complexity index is 350. The van der Waals surface area contributed by atoms with Crippen molar-refractivity contribution in [2.24, 2.45) is 5.92 Å². The van der Waals surface area contributed by atoms with E-state index in [1.807, 2.05) is 11.7 Å². The number of hydrogen-bond acceptors (Lipinski definition) is 3. The van der Waals surface area contributed by atoms with Crippen LogP contribution in [0.1, 0.15) is 38.4 Å². The molecule has 1 aromatic heterocycles. The molecule has 4 heteroatoms. The number of nitrogens with one attached hydrogen (secondary N) is 1. The third-order valence-corrected chi connectivity index (χ3v) is 3.78. The molecular weight excluding hydrogens is 224 g/mol. The van der Waals surface area contributed by atoms with E-state index in [4.69, 9.17) is 0 Å². The lowest BCUT2D eigenvalue weighted by atomic mass is 9.97. The van der Waals surface area contributed by atoms with Crippen LogP contribution in [0, 0.1) is 5.92 Å². The first-order chi connectivity index (χ1) is 8.69. The van der Waals surface area contributed by atoms with Gasteiger partial charge in [0, 0.05) is 18.8 Å². The second-order valence-electron chi connectivity index (χ2n) is 5.66. The lowest BCUT2D eigenvalue weighted by molar-refractivity contribution is 0.174. The fourth-order valence-electron chi connectivity index (χ4n) is 2.62. The summed E-state index contributed by atoms with van der Waals surface area (Å²) < 4.78 is 2.04. The summed E-state index contributed by atoms with van der Waals surface area (Å²) >= 11 is 0. The summed E-state index contributed by atoms with van der Waals surface area (Å²) in [5, 5.41) is 7.91. The van der Waals surface area contributed by atoms with E-state index in [-0.39, 0.29) is 0 Å². The summed E-state index contributed by atoms with van der Waals surface area (Å²) in [6.07, 6.45) is 4.71. The monoisotopic (exact) mass is 250 g/mol. The molecule has 1 aliphatic rings. The smallest absolute Gasteiger partial charge is 0.0764 e. The Morgan fingerprint density at radius 1 is 1.39 bits per heavy atom. The van der Waals surface area contributed by atoms with E-state index in [1.165, 1.54) is 31.6 Å². The van der Waals surface area contributed by atoms with Crippen LogP contribution in [0.4, 0.5) is 0 Å². The third kappa shape index (κ3) is 3.56. The number of rotatable bonds is 5. The van der Waals surface area contributed by atoms with Gasteiger partial charge in [-0.25, -0.2) is 0 Å². The average molecular weight is 250 g/mol. The maximum atomic E-state index is 4.62. The van der Waals surface area contributed by atoms with Crippen molar-refractivity contribution in [2.45, 2.75) is 39.3 Å². The molecule has 1 aromatic rings. The van der Waals surface area contributed by atoms with E-state index in [0.717, 1.165) is 19.0 Å². The SMILES string of the molecule is CNCC1CCN(Cc2ccn(C(C)C)n2)CC1. The Labute approximate surface area is 110 Å². The molecule has 18 heavy (non-hydrogen) atoms. The molecule has 0 bridgehead atoms. The number of aromatic nitrogens is 2. The molecule has 0 unspecified atom stereocenters. The van der Waals surface area contributed by atoms with Gasteiger partial charge in [-0.3, -0.25) is 9.58 Å². The molecule has 1 N–H and O–H groups in total. The summed E-state index contributed by atoms with van der Waals surface area (Å²) in [6, 6.07) is 2.61. The Kier molecular flexibility index (Phi) is 4.78. The van der Waals surface area contributed by atoms with Gasteiger partial charge in [0.05, 0.1) is 5.69 Å². The molecule has 0 aliphatic carbocycles. The lowest BCUT2D eigenvalue weighted by Crippen LogP contribution is -2.36. The fourth-order valence-corrected chi connectivity index (χ4v) is 2.62. The van der Waals surface area contributed by atoms with E-state index in [0.29, 0.717) is 6.04 Å². The second kappa shape index (κ2) is 6.34. The summed E-state index contributed by atoms with van der Waals surface area (Å²) in [6.45, 7) is 8.92. The van der Waals surface area contributed by atoms with Crippen molar-refractivity contribution in [3.05, 3.63) is 18.0 Å². The van der Waals surface area contributed by atoms with E-state index < -0.39 is 0 Å². The van der Waals surface area contributed by atoms with Gasteiger partial charge in [0.2, 0.25) is 0 Å². The summed E-state index contributed by atoms with van der Waals surface area (Å²) in [5.74, 6) is 0.861. The maximum absolute atomic E-state index is 4.62. The van der Waals surface area contributed by atoms with Gasteiger partial charge >= 0.3 is 0 Å². The molecule has 0 saturated carbocycles. The quantitative estimate of drug-likeness (QED) is 0.866. The van der Waals surface area contributed by atoms with Crippen LogP contribution >= 0.6 is 0 Å². The van der Waals surface area contributed by atoms with Gasteiger partial charge in [-0.15, -0.1) is 0 Å². The van der Waals surface area contributed by atoms with Crippen molar-refractivity contribution in [1.82, 2.24) is 20.0 Å². The Hall–Kier alpha value is -0.870. The second-order valence-corrected chi connectivity index (χ2v) is 5.66. The summed E-state index contributed by atoms with van der Waals surface area (Å²) in [5.41, 5.74) is 1.20. The largest absolute Gasteiger partial charge is 0.319 e. The summed E-state index contributed by atoms with van der Waals surface area (Å²) in [7, 11) is 2.05. The molecule has 1 fully saturated rings. The van der Waals surface area contributed by atoms with Crippen LogP contribution in [-0.4, -0.2) is 41.4 Å². The van der Waals surface area contributed by atoms with Gasteiger partial charge in [-0.2, -0.15) is 5.10 Å². The topological polar surface area (TPSA) is 33.1 Å². The van der Waals surface area contributed by atoms with Crippen LogP contribution in [0.5, 0.6) is 0 Å². The minimum Gasteiger partial charge on any atom is -0.319 e. The highest BCUT2D eigenvalue weighted by molar-refractivity contribution is 4.99. The third-order valence-electron chi connectivity index (χ3n) is 3.78. The van der Waals surface area contributed by atoms with E-state index in [9.17, 15) is 0 Å². The zero-order valence-corrected chi connectivity index (χ0v) is 11.9. The molecule has 0 atom stereocenters. The van der Waals surface area contributed by atoms with Crippen molar-refractivity contribution in [3.63, 3.8) is 0 Å². The molecular formula is C14H26N4. The molecule has 0 amide bonds. The van der Waals surface area contributed by atoms with Gasteiger partial charge in [0.15, 0.2) is 0 Å². The van der Waals surface area contributed by atoms with Crippen LogP contribution in [0.2, 0.25) is 0 Å². The van der Waals surface area contributed by atoms with E-state index in [2.05, 4.69) is 41.4 Å². The minimum absolute atomic E-state index is 0.458. The van der Waals surface area contributed by atoms with Crippen LogP contribution in [-0.2, 0) is 6.54 Å². The fraction of sp³-hybridized carbons (Fsp3) is 0.786. The zero-order valence-electron chi connectivity index (χ0n) is 11.9. The first-order valence-electron chi connectivity index (χ1n) is 7.10. The van der Waals surface area contributed by atoms with Gasteiger partial charge in [0.1, 0.15) is 0 Å². The lowest BCUT2D eigenvalue weighted by Gasteiger charge is -2.31. The molecule has 102 valence electrons. The number of nitrogens with zero attached hydrogens (tertiary/aromatic N) is 3. The normalized spacial score (nSPS) is 18.7. The minimum atomic E-state index is 0.458. The number of hydrogen-bond donors (Lipinski definition) is 1. The highest BCUT2D eigenvalue weighted by atomic mass is 15.3. The van der Waals surface area contributed by atoms with Crippen LogP contribution in [0.15, 0.2) is 12.3 Å². The highest BCUT2D eigenvalue weighted by Crippen LogP contribution is 2.18.